The van der Waals surface area contributed by atoms with Gasteiger partial charge in [-0.1, -0.05) is 12.1 Å². The summed E-state index contributed by atoms with van der Waals surface area (Å²) in [6, 6.07) is 6.82. The minimum atomic E-state index is -3.33. The summed E-state index contributed by atoms with van der Waals surface area (Å²) in [5.41, 5.74) is 1.34. The van der Waals surface area contributed by atoms with Crippen molar-refractivity contribution in [3.8, 4) is 0 Å². The first-order valence-electron chi connectivity index (χ1n) is 6.11. The van der Waals surface area contributed by atoms with E-state index in [1.165, 1.54) is 0 Å². The standard InChI is InChI=1S/C13H20N2O3S/c1-9(2)19(17,18)15-12-7-5-11(6-8-12)10(3)13(16)14-4/h5-10,15H,1-4H3,(H,14,16)/t10-/m1/s1. The number of likely N-dealkylation sites (N-methyl/N-ethyl adjacent to an activating group) is 1. The molecule has 0 fully saturated rings. The molecule has 1 atom stereocenters. The van der Waals surface area contributed by atoms with Gasteiger partial charge in [0, 0.05) is 12.7 Å². The molecule has 1 rings (SSSR count). The number of rotatable bonds is 5. The monoisotopic (exact) mass is 284 g/mol. The second kappa shape index (κ2) is 6.06. The van der Waals surface area contributed by atoms with Crippen molar-refractivity contribution in [2.75, 3.05) is 11.8 Å². The van der Waals surface area contributed by atoms with Crippen LogP contribution in [0.1, 0.15) is 32.3 Å². The smallest absolute Gasteiger partial charge is 0.235 e. The third kappa shape index (κ3) is 3.96. The van der Waals surface area contributed by atoms with Crippen molar-refractivity contribution in [1.29, 1.82) is 0 Å². The van der Waals surface area contributed by atoms with Gasteiger partial charge in [-0.15, -0.1) is 0 Å². The Kier molecular flexibility index (Phi) is 4.94. The van der Waals surface area contributed by atoms with Gasteiger partial charge in [-0.05, 0) is 38.5 Å². The average Bonchev–Trinajstić information content (AvgIpc) is 2.37. The molecule has 0 aliphatic rings. The van der Waals surface area contributed by atoms with Crippen LogP contribution in [-0.2, 0) is 14.8 Å². The fourth-order valence-corrected chi connectivity index (χ4v) is 2.19. The van der Waals surface area contributed by atoms with Crippen LogP contribution in [0, 0.1) is 0 Å². The zero-order valence-corrected chi connectivity index (χ0v) is 12.4. The number of hydrogen-bond acceptors (Lipinski definition) is 3. The summed E-state index contributed by atoms with van der Waals surface area (Å²) < 4.78 is 25.9. The quantitative estimate of drug-likeness (QED) is 0.864. The molecule has 0 aliphatic heterocycles. The van der Waals surface area contributed by atoms with Crippen molar-refractivity contribution in [1.82, 2.24) is 5.32 Å². The highest BCUT2D eigenvalue weighted by atomic mass is 32.2. The van der Waals surface area contributed by atoms with Gasteiger partial charge in [0.15, 0.2) is 0 Å². The molecule has 6 heteroatoms. The van der Waals surface area contributed by atoms with E-state index < -0.39 is 15.3 Å². The third-order valence-electron chi connectivity index (χ3n) is 2.93. The number of amides is 1. The van der Waals surface area contributed by atoms with Crippen LogP contribution in [0.25, 0.3) is 0 Å². The number of carbonyl (C=O) groups is 1. The zero-order chi connectivity index (χ0) is 14.6. The van der Waals surface area contributed by atoms with Crippen LogP contribution >= 0.6 is 0 Å². The number of hydrogen-bond donors (Lipinski definition) is 2. The Morgan fingerprint density at radius 1 is 1.11 bits per heavy atom. The Labute approximate surface area is 114 Å². The summed E-state index contributed by atoms with van der Waals surface area (Å²) in [6.07, 6.45) is 0. The van der Waals surface area contributed by atoms with Crippen LogP contribution < -0.4 is 10.0 Å². The number of anilines is 1. The van der Waals surface area contributed by atoms with Gasteiger partial charge < -0.3 is 5.32 Å². The van der Waals surface area contributed by atoms with E-state index in [0.29, 0.717) is 5.69 Å². The van der Waals surface area contributed by atoms with Gasteiger partial charge in [0.1, 0.15) is 0 Å². The Hall–Kier alpha value is -1.56. The van der Waals surface area contributed by atoms with Gasteiger partial charge in [-0.3, -0.25) is 9.52 Å². The molecule has 0 saturated carbocycles. The number of carbonyl (C=O) groups excluding carboxylic acids is 1. The molecule has 0 aliphatic carbocycles. The lowest BCUT2D eigenvalue weighted by atomic mass is 10.0. The van der Waals surface area contributed by atoms with Gasteiger partial charge in [0.05, 0.1) is 11.2 Å². The maximum Gasteiger partial charge on any atom is 0.235 e. The molecule has 1 amide bonds. The minimum absolute atomic E-state index is 0.0736. The van der Waals surface area contributed by atoms with E-state index in [0.717, 1.165) is 5.56 Å². The molecule has 0 radical (unpaired) electrons. The minimum Gasteiger partial charge on any atom is -0.359 e. The maximum absolute atomic E-state index is 11.7. The van der Waals surface area contributed by atoms with E-state index in [1.54, 1.807) is 52.1 Å². The van der Waals surface area contributed by atoms with Crippen LogP contribution in [0.2, 0.25) is 0 Å². The summed E-state index contributed by atoms with van der Waals surface area (Å²) in [4.78, 5) is 11.5. The van der Waals surface area contributed by atoms with E-state index in [1.807, 2.05) is 0 Å². The van der Waals surface area contributed by atoms with Crippen LogP contribution in [0.15, 0.2) is 24.3 Å². The first kappa shape index (κ1) is 15.5. The molecule has 0 heterocycles. The molecule has 106 valence electrons. The molecule has 0 saturated heterocycles. The maximum atomic E-state index is 11.7. The summed E-state index contributed by atoms with van der Waals surface area (Å²) in [5, 5.41) is 2.09. The molecular formula is C13H20N2O3S. The summed E-state index contributed by atoms with van der Waals surface area (Å²) in [7, 11) is -1.75. The van der Waals surface area contributed by atoms with E-state index in [9.17, 15) is 13.2 Å². The largest absolute Gasteiger partial charge is 0.359 e. The lowest BCUT2D eigenvalue weighted by molar-refractivity contribution is -0.121. The zero-order valence-electron chi connectivity index (χ0n) is 11.6. The van der Waals surface area contributed by atoms with Crippen LogP contribution in [0.5, 0.6) is 0 Å². The summed E-state index contributed by atoms with van der Waals surface area (Å²) >= 11 is 0. The predicted molar refractivity (Wildman–Crippen MR) is 76.6 cm³/mol. The molecule has 0 unspecified atom stereocenters. The third-order valence-corrected chi connectivity index (χ3v) is 4.69. The molecule has 1 aromatic rings. The van der Waals surface area contributed by atoms with Gasteiger partial charge in [-0.2, -0.15) is 0 Å². The van der Waals surface area contributed by atoms with E-state index >= 15 is 0 Å². The van der Waals surface area contributed by atoms with Gasteiger partial charge >= 0.3 is 0 Å². The van der Waals surface area contributed by atoms with Crippen LogP contribution in [-0.4, -0.2) is 26.6 Å². The summed E-state index contributed by atoms with van der Waals surface area (Å²) in [5.74, 6) is -0.337. The normalized spacial score (nSPS) is 13.1. The van der Waals surface area contributed by atoms with Crippen LogP contribution in [0.4, 0.5) is 5.69 Å². The molecule has 19 heavy (non-hydrogen) atoms. The second-order valence-electron chi connectivity index (χ2n) is 4.65. The fraction of sp³-hybridized carbons (Fsp3) is 0.462. The second-order valence-corrected chi connectivity index (χ2v) is 6.89. The Morgan fingerprint density at radius 2 is 1.63 bits per heavy atom. The first-order chi connectivity index (χ1) is 8.77. The van der Waals surface area contributed by atoms with Crippen molar-refractivity contribution in [2.45, 2.75) is 31.9 Å². The molecule has 2 N–H and O–H groups in total. The van der Waals surface area contributed by atoms with E-state index in [4.69, 9.17) is 0 Å². The predicted octanol–water partition coefficient (Wildman–Crippen LogP) is 1.69. The number of benzene rings is 1. The number of nitrogens with one attached hydrogen (secondary N) is 2. The van der Waals surface area contributed by atoms with Crippen molar-refractivity contribution < 1.29 is 13.2 Å². The van der Waals surface area contributed by atoms with E-state index in [-0.39, 0.29) is 11.8 Å². The fourth-order valence-electron chi connectivity index (χ4n) is 1.49. The molecule has 5 nitrogen and oxygen atoms in total. The molecule has 0 aromatic heterocycles. The van der Waals surface area contributed by atoms with E-state index in [2.05, 4.69) is 10.0 Å². The Balaban J connectivity index is 2.86. The molecule has 0 bridgehead atoms. The number of sulfonamides is 1. The summed E-state index contributed by atoms with van der Waals surface area (Å²) in [6.45, 7) is 5.03. The SMILES string of the molecule is CNC(=O)[C@H](C)c1ccc(NS(=O)(=O)C(C)C)cc1. The molecule has 1 aromatic carbocycles. The van der Waals surface area contributed by atoms with Crippen molar-refractivity contribution in [3.63, 3.8) is 0 Å². The highest BCUT2D eigenvalue weighted by Crippen LogP contribution is 2.19. The van der Waals surface area contributed by atoms with Crippen molar-refractivity contribution in [2.24, 2.45) is 0 Å². The average molecular weight is 284 g/mol. The van der Waals surface area contributed by atoms with Crippen molar-refractivity contribution in [3.05, 3.63) is 29.8 Å². The highest BCUT2D eigenvalue weighted by Gasteiger charge is 2.16. The molecule has 0 spiro atoms. The Bertz CT molecular complexity index is 536. The van der Waals surface area contributed by atoms with Gasteiger partial charge in [0.2, 0.25) is 15.9 Å². The lowest BCUT2D eigenvalue weighted by Crippen LogP contribution is -2.24. The topological polar surface area (TPSA) is 75.3 Å². The van der Waals surface area contributed by atoms with Gasteiger partial charge in [-0.25, -0.2) is 8.42 Å². The Morgan fingerprint density at radius 3 is 2.05 bits per heavy atom. The van der Waals surface area contributed by atoms with Crippen molar-refractivity contribution >= 4 is 21.6 Å². The highest BCUT2D eigenvalue weighted by molar-refractivity contribution is 7.93. The van der Waals surface area contributed by atoms with Gasteiger partial charge in [0.25, 0.3) is 0 Å². The van der Waals surface area contributed by atoms with Crippen LogP contribution in [0.3, 0.4) is 0 Å². The molecular weight excluding hydrogens is 264 g/mol. The lowest BCUT2D eigenvalue weighted by Gasteiger charge is -2.13. The first-order valence-corrected chi connectivity index (χ1v) is 7.65.